The van der Waals surface area contributed by atoms with E-state index in [4.69, 9.17) is 21.1 Å². The zero-order valence-corrected chi connectivity index (χ0v) is 18.5. The van der Waals surface area contributed by atoms with E-state index in [0.29, 0.717) is 18.8 Å². The van der Waals surface area contributed by atoms with Gasteiger partial charge in [0, 0.05) is 18.8 Å². The molecule has 0 atom stereocenters. The van der Waals surface area contributed by atoms with Crippen molar-refractivity contribution in [3.8, 4) is 5.75 Å². The van der Waals surface area contributed by atoms with Crippen molar-refractivity contribution in [3.63, 3.8) is 0 Å². The molecule has 12 heteroatoms. The highest BCUT2D eigenvalue weighted by atomic mass is 35.5. The summed E-state index contributed by atoms with van der Waals surface area (Å²) in [4.78, 5) is 12.2. The highest BCUT2D eigenvalue weighted by Gasteiger charge is 2.33. The fourth-order valence-electron chi connectivity index (χ4n) is 3.04. The number of rotatable bonds is 6. The van der Waals surface area contributed by atoms with E-state index in [1.165, 1.54) is 28.6 Å². The van der Waals surface area contributed by atoms with Gasteiger partial charge in [0.15, 0.2) is 6.61 Å². The lowest BCUT2D eigenvalue weighted by atomic mass is 10.2. The number of morpholine rings is 1. The smallest absolute Gasteiger partial charge is 0.417 e. The summed E-state index contributed by atoms with van der Waals surface area (Å²) in [5.41, 5.74) is -0.664. The highest BCUT2D eigenvalue weighted by Crippen LogP contribution is 2.36. The number of sulfonamides is 1. The minimum absolute atomic E-state index is 0.0843. The highest BCUT2D eigenvalue weighted by molar-refractivity contribution is 7.89. The number of aryl methyl sites for hydroxylation is 1. The number of carbonyl (C=O) groups excluding carboxylic acids is 1. The molecule has 1 amide bonds. The van der Waals surface area contributed by atoms with Crippen LogP contribution in [-0.2, 0) is 25.7 Å². The fraction of sp³-hybridized carbons (Fsp3) is 0.350. The maximum Gasteiger partial charge on any atom is 0.417 e. The van der Waals surface area contributed by atoms with Gasteiger partial charge in [0.1, 0.15) is 5.75 Å². The molecule has 0 bridgehead atoms. The summed E-state index contributed by atoms with van der Waals surface area (Å²) in [6.07, 6.45) is -4.66. The van der Waals surface area contributed by atoms with Crippen molar-refractivity contribution >= 4 is 33.2 Å². The SMILES string of the molecule is Cc1cc(S(=O)(=O)N2CCOCC2)ccc1OCC(=O)Nc1ccc(Cl)c(C(F)(F)F)c1. The summed E-state index contributed by atoms with van der Waals surface area (Å²) in [5.74, 6) is -0.418. The van der Waals surface area contributed by atoms with Gasteiger partial charge in [-0.25, -0.2) is 8.42 Å². The third-order valence-corrected chi connectivity index (χ3v) is 6.89. The van der Waals surface area contributed by atoms with Crippen LogP contribution < -0.4 is 10.1 Å². The van der Waals surface area contributed by atoms with Crippen molar-refractivity contribution in [2.75, 3.05) is 38.2 Å². The van der Waals surface area contributed by atoms with Crippen molar-refractivity contribution in [2.45, 2.75) is 18.0 Å². The maximum atomic E-state index is 12.9. The minimum Gasteiger partial charge on any atom is -0.483 e. The molecule has 7 nitrogen and oxygen atoms in total. The Hall–Kier alpha value is -2.34. The standard InChI is InChI=1S/C20H20ClF3N2O5S/c1-13-10-15(32(28,29)26-6-8-30-9-7-26)3-5-18(13)31-12-19(27)25-14-2-4-17(21)16(11-14)20(22,23)24/h2-5,10-11H,6-9,12H2,1H3,(H,25,27). The topological polar surface area (TPSA) is 84.9 Å². The number of halogens is 4. The second-order valence-corrected chi connectivity index (χ2v) is 9.32. The Kier molecular flexibility index (Phi) is 7.33. The van der Waals surface area contributed by atoms with E-state index in [1.54, 1.807) is 6.92 Å². The molecule has 1 N–H and O–H groups in total. The van der Waals surface area contributed by atoms with Gasteiger partial charge in [-0.1, -0.05) is 11.6 Å². The zero-order valence-electron chi connectivity index (χ0n) is 16.9. The van der Waals surface area contributed by atoms with Gasteiger partial charge in [0.25, 0.3) is 5.91 Å². The van der Waals surface area contributed by atoms with Crippen LogP contribution in [0.1, 0.15) is 11.1 Å². The van der Waals surface area contributed by atoms with Crippen LogP contribution in [0, 0.1) is 6.92 Å². The van der Waals surface area contributed by atoms with Gasteiger partial charge in [0.05, 0.1) is 28.7 Å². The summed E-state index contributed by atoms with van der Waals surface area (Å²) in [6, 6.07) is 7.26. The molecule has 0 saturated carbocycles. The van der Waals surface area contributed by atoms with E-state index >= 15 is 0 Å². The molecule has 0 radical (unpaired) electrons. The first-order valence-corrected chi connectivity index (χ1v) is 11.3. The molecular weight excluding hydrogens is 473 g/mol. The lowest BCUT2D eigenvalue weighted by Gasteiger charge is -2.26. The van der Waals surface area contributed by atoms with Gasteiger partial charge < -0.3 is 14.8 Å². The number of ether oxygens (including phenoxy) is 2. The molecule has 1 saturated heterocycles. The average molecular weight is 493 g/mol. The van der Waals surface area contributed by atoms with Crippen LogP contribution in [0.2, 0.25) is 5.02 Å². The maximum absolute atomic E-state index is 12.9. The van der Waals surface area contributed by atoms with Crippen molar-refractivity contribution in [3.05, 3.63) is 52.5 Å². The molecule has 0 aliphatic carbocycles. The third-order valence-electron chi connectivity index (χ3n) is 4.67. The van der Waals surface area contributed by atoms with E-state index in [0.717, 1.165) is 12.1 Å². The number of anilines is 1. The second-order valence-electron chi connectivity index (χ2n) is 6.97. The van der Waals surface area contributed by atoms with Crippen LogP contribution in [-0.4, -0.2) is 51.5 Å². The fourth-order valence-corrected chi connectivity index (χ4v) is 4.76. The molecule has 1 aliphatic rings. The van der Waals surface area contributed by atoms with E-state index in [-0.39, 0.29) is 29.4 Å². The first-order valence-electron chi connectivity index (χ1n) is 9.46. The van der Waals surface area contributed by atoms with Crippen LogP contribution in [0.4, 0.5) is 18.9 Å². The van der Waals surface area contributed by atoms with Gasteiger partial charge in [0.2, 0.25) is 10.0 Å². The van der Waals surface area contributed by atoms with Gasteiger partial charge in [-0.05, 0) is 48.9 Å². The summed E-state index contributed by atoms with van der Waals surface area (Å²) < 4.78 is 76.2. The Morgan fingerprint density at radius 1 is 1.19 bits per heavy atom. The summed E-state index contributed by atoms with van der Waals surface area (Å²) in [5, 5.41) is 1.84. The number of alkyl halides is 3. The molecule has 1 heterocycles. The lowest BCUT2D eigenvalue weighted by molar-refractivity contribution is -0.137. The summed E-state index contributed by atoms with van der Waals surface area (Å²) in [6.45, 7) is 2.32. The van der Waals surface area contributed by atoms with Crippen molar-refractivity contribution in [1.82, 2.24) is 4.31 Å². The number of hydrogen-bond acceptors (Lipinski definition) is 5. The van der Waals surface area contributed by atoms with Crippen LogP contribution in [0.5, 0.6) is 5.75 Å². The van der Waals surface area contributed by atoms with E-state index in [9.17, 15) is 26.4 Å². The van der Waals surface area contributed by atoms with E-state index < -0.39 is 39.3 Å². The molecule has 2 aromatic rings. The predicted octanol–water partition coefficient (Wildman–Crippen LogP) is 3.71. The molecule has 1 fully saturated rings. The number of carbonyl (C=O) groups is 1. The Morgan fingerprint density at radius 2 is 1.88 bits per heavy atom. The Morgan fingerprint density at radius 3 is 2.50 bits per heavy atom. The molecule has 2 aromatic carbocycles. The second kappa shape index (κ2) is 9.65. The molecule has 3 rings (SSSR count). The lowest BCUT2D eigenvalue weighted by Crippen LogP contribution is -2.40. The van der Waals surface area contributed by atoms with Crippen molar-refractivity contribution in [2.24, 2.45) is 0 Å². The Labute approximate surface area is 188 Å². The number of hydrogen-bond donors (Lipinski definition) is 1. The predicted molar refractivity (Wildman–Crippen MR) is 111 cm³/mol. The van der Waals surface area contributed by atoms with Crippen LogP contribution in [0.25, 0.3) is 0 Å². The molecule has 174 valence electrons. The van der Waals surface area contributed by atoms with Crippen LogP contribution in [0.3, 0.4) is 0 Å². The number of benzene rings is 2. The number of nitrogens with zero attached hydrogens (tertiary/aromatic N) is 1. The summed E-state index contributed by atoms with van der Waals surface area (Å²) >= 11 is 5.56. The first-order chi connectivity index (χ1) is 15.0. The van der Waals surface area contributed by atoms with Crippen LogP contribution in [0.15, 0.2) is 41.3 Å². The van der Waals surface area contributed by atoms with Gasteiger partial charge in [-0.2, -0.15) is 17.5 Å². The van der Waals surface area contributed by atoms with E-state index in [2.05, 4.69) is 5.32 Å². The molecule has 1 aliphatic heterocycles. The summed E-state index contributed by atoms with van der Waals surface area (Å²) in [7, 11) is -3.68. The molecule has 0 spiro atoms. The van der Waals surface area contributed by atoms with Gasteiger partial charge in [-0.3, -0.25) is 4.79 Å². The normalized spacial score (nSPS) is 15.4. The minimum atomic E-state index is -4.66. The Balaban J connectivity index is 1.64. The van der Waals surface area contributed by atoms with Crippen molar-refractivity contribution in [1.29, 1.82) is 0 Å². The third kappa shape index (κ3) is 5.71. The zero-order chi connectivity index (χ0) is 23.5. The molecule has 0 unspecified atom stereocenters. The van der Waals surface area contributed by atoms with Crippen molar-refractivity contribution < 1.29 is 35.9 Å². The molecule has 32 heavy (non-hydrogen) atoms. The van der Waals surface area contributed by atoms with E-state index in [1.807, 2.05) is 0 Å². The average Bonchev–Trinajstić information content (AvgIpc) is 2.74. The first kappa shape index (κ1) is 24.3. The van der Waals surface area contributed by atoms with Crippen LogP contribution >= 0.6 is 11.6 Å². The van der Waals surface area contributed by atoms with Gasteiger partial charge >= 0.3 is 6.18 Å². The largest absolute Gasteiger partial charge is 0.483 e. The van der Waals surface area contributed by atoms with Gasteiger partial charge in [-0.15, -0.1) is 0 Å². The molecular formula is C20H20ClF3N2O5S. The number of nitrogens with one attached hydrogen (secondary N) is 1. The number of amides is 1. The Bertz CT molecular complexity index is 1100. The quantitative estimate of drug-likeness (QED) is 0.664. The molecule has 0 aromatic heterocycles. The monoisotopic (exact) mass is 492 g/mol.